The summed E-state index contributed by atoms with van der Waals surface area (Å²) in [6.07, 6.45) is 8.02. The SMILES string of the molecule is CCCOc1c2cc(Cc3ccc(O)cc3)cc1Cc1cc(Cc3ccc(O)cc3)cc(c1OCCC)Cc1cc(Cc3ccc(O)cc3)cc(c1OCCC)Cc1cc(Cc3ccc(O)cc3)cc(c1OCCC)C2. The summed E-state index contributed by atoms with van der Waals surface area (Å²) in [5.41, 5.74) is 17.3. The third kappa shape index (κ3) is 13.5. The van der Waals surface area contributed by atoms with Gasteiger partial charge in [0.2, 0.25) is 0 Å². The first-order valence-corrected chi connectivity index (χ1v) is 27.3. The van der Waals surface area contributed by atoms with Crippen LogP contribution in [0, 0.1) is 0 Å². The topological polar surface area (TPSA) is 118 Å². The predicted molar refractivity (Wildman–Crippen MR) is 304 cm³/mol. The van der Waals surface area contributed by atoms with Crippen LogP contribution in [0.4, 0.5) is 0 Å². The van der Waals surface area contributed by atoms with Crippen molar-refractivity contribution in [2.24, 2.45) is 0 Å². The molecule has 8 aromatic carbocycles. The van der Waals surface area contributed by atoms with Gasteiger partial charge in [0.05, 0.1) is 26.4 Å². The lowest BCUT2D eigenvalue weighted by atomic mass is 9.86. The molecule has 0 unspecified atom stereocenters. The zero-order chi connectivity index (χ0) is 53.0. The van der Waals surface area contributed by atoms with Gasteiger partial charge in [-0.15, -0.1) is 0 Å². The average molecular weight is 1020 g/mol. The minimum absolute atomic E-state index is 0.232. The van der Waals surface area contributed by atoms with E-state index >= 15 is 0 Å². The first kappa shape index (κ1) is 53.0. The average Bonchev–Trinajstić information content (AvgIpc) is 3.41. The second-order valence-electron chi connectivity index (χ2n) is 20.4. The molecular formula is C68H72O8. The Morgan fingerprint density at radius 2 is 0.434 bits per heavy atom. The number of rotatable bonds is 20. The maximum atomic E-state index is 10.3. The summed E-state index contributed by atoms with van der Waals surface area (Å²) in [7, 11) is 0. The van der Waals surface area contributed by atoms with Crippen LogP contribution in [0.15, 0.2) is 146 Å². The minimum atomic E-state index is 0.232. The van der Waals surface area contributed by atoms with Gasteiger partial charge in [-0.25, -0.2) is 0 Å². The third-order valence-corrected chi connectivity index (χ3v) is 13.9. The van der Waals surface area contributed by atoms with Crippen LogP contribution in [-0.4, -0.2) is 46.9 Å². The monoisotopic (exact) mass is 1020 g/mol. The number of ether oxygens (including phenoxy) is 4. The Bertz CT molecular complexity index is 2680. The van der Waals surface area contributed by atoms with E-state index in [0.717, 1.165) is 138 Å². The fourth-order valence-electron chi connectivity index (χ4n) is 10.5. The highest BCUT2D eigenvalue weighted by Crippen LogP contribution is 2.42. The van der Waals surface area contributed by atoms with Crippen LogP contribution in [0.1, 0.15) is 142 Å². The number of hydrogen-bond donors (Lipinski definition) is 4. The minimum Gasteiger partial charge on any atom is -0.508 e. The van der Waals surface area contributed by atoms with Crippen LogP contribution in [-0.2, 0) is 51.4 Å². The van der Waals surface area contributed by atoms with E-state index in [1.165, 1.54) is 0 Å². The lowest BCUT2D eigenvalue weighted by Crippen LogP contribution is -2.12. The number of benzene rings is 8. The van der Waals surface area contributed by atoms with Crippen molar-refractivity contribution in [1.82, 2.24) is 0 Å². The molecule has 0 radical (unpaired) electrons. The molecule has 0 amide bonds. The Morgan fingerprint density at radius 1 is 0.263 bits per heavy atom. The van der Waals surface area contributed by atoms with Gasteiger partial charge in [0.15, 0.2) is 0 Å². The van der Waals surface area contributed by atoms with E-state index in [1.807, 2.05) is 48.5 Å². The Morgan fingerprint density at radius 3 is 0.592 bits per heavy atom. The molecule has 8 bridgehead atoms. The van der Waals surface area contributed by atoms with E-state index < -0.39 is 0 Å². The second kappa shape index (κ2) is 25.1. The molecule has 0 saturated heterocycles. The number of hydrogen-bond acceptors (Lipinski definition) is 8. The van der Waals surface area contributed by atoms with E-state index in [1.54, 1.807) is 48.5 Å². The summed E-state index contributed by atoms with van der Waals surface area (Å²) in [4.78, 5) is 0. The molecule has 9 rings (SSSR count). The molecule has 0 aromatic heterocycles. The summed E-state index contributed by atoms with van der Waals surface area (Å²) >= 11 is 0. The molecule has 8 aromatic rings. The van der Waals surface area contributed by atoms with Crippen LogP contribution in [0.5, 0.6) is 46.0 Å². The van der Waals surface area contributed by atoms with Crippen molar-refractivity contribution in [3.05, 3.63) is 235 Å². The first-order chi connectivity index (χ1) is 37.0. The number of fused-ring (bicyclic) bond motifs is 8. The fourth-order valence-corrected chi connectivity index (χ4v) is 10.5. The normalized spacial score (nSPS) is 12.1. The molecule has 76 heavy (non-hydrogen) atoms. The number of phenols is 4. The highest BCUT2D eigenvalue weighted by molar-refractivity contribution is 5.60. The fraction of sp³-hybridized carbons (Fsp3) is 0.294. The lowest BCUT2D eigenvalue weighted by Gasteiger charge is -2.25. The van der Waals surface area contributed by atoms with E-state index in [0.29, 0.717) is 77.8 Å². The van der Waals surface area contributed by atoms with Gasteiger partial charge in [-0.2, -0.15) is 0 Å². The van der Waals surface area contributed by atoms with Crippen molar-refractivity contribution in [2.45, 2.75) is 105 Å². The lowest BCUT2D eigenvalue weighted by molar-refractivity contribution is 0.304. The van der Waals surface area contributed by atoms with E-state index in [9.17, 15) is 20.4 Å². The van der Waals surface area contributed by atoms with Gasteiger partial charge in [0, 0.05) is 25.7 Å². The van der Waals surface area contributed by atoms with Gasteiger partial charge in [-0.3, -0.25) is 0 Å². The summed E-state index contributed by atoms with van der Waals surface area (Å²) in [5, 5.41) is 41.2. The third-order valence-electron chi connectivity index (χ3n) is 13.9. The second-order valence-corrected chi connectivity index (χ2v) is 20.4. The van der Waals surface area contributed by atoms with Crippen molar-refractivity contribution in [3.8, 4) is 46.0 Å². The Hall–Kier alpha value is -7.84. The molecule has 8 nitrogen and oxygen atoms in total. The predicted octanol–water partition coefficient (Wildman–Crippen LogP) is 14.7. The van der Waals surface area contributed by atoms with Gasteiger partial charge >= 0.3 is 0 Å². The van der Waals surface area contributed by atoms with Gasteiger partial charge in [0.25, 0.3) is 0 Å². The summed E-state index contributed by atoms with van der Waals surface area (Å²) < 4.78 is 28.0. The van der Waals surface area contributed by atoms with Gasteiger partial charge in [-0.1, -0.05) is 125 Å². The molecule has 0 fully saturated rings. The van der Waals surface area contributed by atoms with Crippen molar-refractivity contribution in [1.29, 1.82) is 0 Å². The summed E-state index contributed by atoms with van der Waals surface area (Å²) in [6, 6.07) is 48.4. The molecular weight excluding hydrogens is 945 g/mol. The zero-order valence-corrected chi connectivity index (χ0v) is 44.6. The molecule has 0 atom stereocenters. The molecule has 392 valence electrons. The maximum absolute atomic E-state index is 10.3. The smallest absolute Gasteiger partial charge is 0.126 e. The first-order valence-electron chi connectivity index (χ1n) is 27.3. The molecule has 0 spiro atoms. The number of phenolic OH excluding ortho intramolecular Hbond substituents is 4. The van der Waals surface area contributed by atoms with E-state index in [-0.39, 0.29) is 23.0 Å². The summed E-state index contributed by atoms with van der Waals surface area (Å²) in [5.74, 6) is 4.38. The van der Waals surface area contributed by atoms with E-state index in [2.05, 4.69) is 76.2 Å². The van der Waals surface area contributed by atoms with Gasteiger partial charge in [0.1, 0.15) is 46.0 Å². The largest absolute Gasteiger partial charge is 0.508 e. The Balaban J connectivity index is 1.35. The zero-order valence-electron chi connectivity index (χ0n) is 44.6. The molecule has 0 heterocycles. The quantitative estimate of drug-likeness (QED) is 0.0596. The van der Waals surface area contributed by atoms with Crippen molar-refractivity contribution in [2.75, 3.05) is 26.4 Å². The van der Waals surface area contributed by atoms with Crippen molar-refractivity contribution >= 4 is 0 Å². The van der Waals surface area contributed by atoms with Crippen LogP contribution >= 0.6 is 0 Å². The molecule has 1 aliphatic rings. The molecule has 0 aliphatic heterocycles. The standard InChI is InChI=1S/C68H72O8/c1-5-25-73-65-53-33-49(29-45-9-17-61(69)18-10-45)34-54(65)42-56-36-51(31-47-13-21-63(71)22-14-47)38-58(67(56)75-27-7-3)44-60-40-52(32-48-15-23-64(72)24-16-48)39-59(68(60)76-28-8-4)43-57-37-50(30-46-11-19-62(70)20-12-46)35-55(41-53)66(57)74-26-6-2/h9-24,33-40,69-72H,5-8,25-32,41-44H2,1-4H3. The van der Waals surface area contributed by atoms with Crippen LogP contribution < -0.4 is 18.9 Å². The molecule has 1 aliphatic carbocycles. The van der Waals surface area contributed by atoms with Crippen molar-refractivity contribution < 1.29 is 39.4 Å². The highest BCUT2D eigenvalue weighted by Gasteiger charge is 2.25. The Labute approximate surface area is 449 Å². The Kier molecular flexibility index (Phi) is 17.5. The van der Waals surface area contributed by atoms with E-state index in [4.69, 9.17) is 18.9 Å². The summed E-state index contributed by atoms with van der Waals surface area (Å²) in [6.45, 7) is 10.7. The maximum Gasteiger partial charge on any atom is 0.126 e. The van der Waals surface area contributed by atoms with Crippen LogP contribution in [0.25, 0.3) is 0 Å². The molecule has 4 N–H and O–H groups in total. The molecule has 0 saturated carbocycles. The van der Waals surface area contributed by atoms with Crippen LogP contribution in [0.2, 0.25) is 0 Å². The van der Waals surface area contributed by atoms with Gasteiger partial charge < -0.3 is 39.4 Å². The van der Waals surface area contributed by atoms with Crippen molar-refractivity contribution in [3.63, 3.8) is 0 Å². The van der Waals surface area contributed by atoms with Crippen LogP contribution in [0.3, 0.4) is 0 Å². The highest BCUT2D eigenvalue weighted by atomic mass is 16.5. The van der Waals surface area contributed by atoms with Gasteiger partial charge in [-0.05, 0) is 189 Å². The molecule has 8 heteroatoms. The number of aromatic hydroxyl groups is 4.